The maximum atomic E-state index is 12.9. The number of nitrogens with one attached hydrogen (secondary N) is 1. The second-order valence-electron chi connectivity index (χ2n) is 7.97. The topological polar surface area (TPSA) is 115 Å². The summed E-state index contributed by atoms with van der Waals surface area (Å²) in [5.74, 6) is 1.00. The Morgan fingerprint density at radius 2 is 1.84 bits per heavy atom. The Morgan fingerprint density at radius 1 is 1.09 bits per heavy atom. The van der Waals surface area contributed by atoms with Gasteiger partial charge in [-0.2, -0.15) is 4.98 Å². The van der Waals surface area contributed by atoms with Crippen LogP contribution in [0.2, 0.25) is 0 Å². The zero-order valence-corrected chi connectivity index (χ0v) is 18.7. The van der Waals surface area contributed by atoms with Gasteiger partial charge in [-0.05, 0) is 12.8 Å². The molecule has 3 aliphatic rings. The second-order valence-corrected chi connectivity index (χ2v) is 8.98. The summed E-state index contributed by atoms with van der Waals surface area (Å²) in [7, 11) is 0. The first-order valence-corrected chi connectivity index (χ1v) is 11.9. The van der Waals surface area contributed by atoms with Crippen LogP contribution < -0.4 is 15.0 Å². The fourth-order valence-electron chi connectivity index (χ4n) is 3.55. The van der Waals surface area contributed by atoms with Gasteiger partial charge in [0.25, 0.3) is 5.91 Å². The van der Waals surface area contributed by atoms with E-state index in [1.54, 1.807) is 6.07 Å². The van der Waals surface area contributed by atoms with Crippen LogP contribution in [0.15, 0.2) is 6.07 Å². The van der Waals surface area contributed by atoms with Gasteiger partial charge in [-0.15, -0.1) is 10.2 Å². The lowest BCUT2D eigenvalue weighted by Crippen LogP contribution is -2.39. The van der Waals surface area contributed by atoms with Crippen LogP contribution >= 0.6 is 11.3 Å². The number of aromatic nitrogens is 4. The first-order chi connectivity index (χ1) is 15.7. The lowest BCUT2D eigenvalue weighted by molar-refractivity contribution is 0.0320. The number of carbonyl (C=O) groups excluding carboxylic acids is 1. The van der Waals surface area contributed by atoms with Crippen LogP contribution in [-0.4, -0.2) is 96.7 Å². The van der Waals surface area contributed by atoms with Crippen LogP contribution in [0.4, 0.5) is 11.1 Å². The van der Waals surface area contributed by atoms with Gasteiger partial charge in [0.1, 0.15) is 17.3 Å². The smallest absolute Gasteiger partial charge is 0.276 e. The molecule has 3 fully saturated rings. The summed E-state index contributed by atoms with van der Waals surface area (Å²) in [6, 6.07) is 1.58. The van der Waals surface area contributed by atoms with Crippen LogP contribution in [-0.2, 0) is 9.47 Å². The molecule has 0 bridgehead atoms. The van der Waals surface area contributed by atoms with E-state index in [4.69, 9.17) is 14.2 Å². The van der Waals surface area contributed by atoms with E-state index in [1.165, 1.54) is 11.3 Å². The lowest BCUT2D eigenvalue weighted by atomic mass is 10.3. The summed E-state index contributed by atoms with van der Waals surface area (Å²) in [4.78, 5) is 26.3. The van der Waals surface area contributed by atoms with Crippen LogP contribution in [0.3, 0.4) is 0 Å². The number of rotatable bonds is 8. The number of hydrogen-bond acceptors (Lipinski definition) is 11. The fraction of sp³-hybridized carbons (Fsp3) is 0.650. The van der Waals surface area contributed by atoms with E-state index in [0.29, 0.717) is 55.8 Å². The number of morpholine rings is 2. The molecule has 0 atom stereocenters. The molecule has 1 N–H and O–H groups in total. The van der Waals surface area contributed by atoms with Crippen molar-refractivity contribution < 1.29 is 19.0 Å². The molecule has 0 radical (unpaired) electrons. The van der Waals surface area contributed by atoms with E-state index in [9.17, 15) is 4.79 Å². The second kappa shape index (κ2) is 10.0. The highest BCUT2D eigenvalue weighted by atomic mass is 32.1. The molecule has 2 aliphatic heterocycles. The van der Waals surface area contributed by atoms with E-state index < -0.39 is 0 Å². The molecule has 172 valence electrons. The summed E-state index contributed by atoms with van der Waals surface area (Å²) >= 11 is 1.42. The van der Waals surface area contributed by atoms with Crippen molar-refractivity contribution >= 4 is 28.3 Å². The zero-order valence-electron chi connectivity index (χ0n) is 17.9. The number of carbonyl (C=O) groups is 1. The van der Waals surface area contributed by atoms with E-state index in [1.807, 2.05) is 4.90 Å². The molecule has 1 saturated carbocycles. The van der Waals surface area contributed by atoms with Crippen molar-refractivity contribution in [2.75, 3.05) is 76.0 Å². The van der Waals surface area contributed by atoms with Crippen molar-refractivity contribution in [3.8, 4) is 5.88 Å². The molecule has 11 nitrogen and oxygen atoms in total. The Morgan fingerprint density at radius 3 is 2.59 bits per heavy atom. The van der Waals surface area contributed by atoms with E-state index >= 15 is 0 Å². The SMILES string of the molecule is O=C(Nc1nnc(C2CC2)s1)c1cc(OCCN2CCOCC2)nc(N2CCOCC2)n1. The average molecular weight is 462 g/mol. The Kier molecular flexibility index (Phi) is 6.72. The van der Waals surface area contributed by atoms with Gasteiger partial charge < -0.3 is 19.1 Å². The van der Waals surface area contributed by atoms with Crippen molar-refractivity contribution in [1.82, 2.24) is 25.1 Å². The highest BCUT2D eigenvalue weighted by Crippen LogP contribution is 2.42. The van der Waals surface area contributed by atoms with Crippen molar-refractivity contribution in [3.63, 3.8) is 0 Å². The van der Waals surface area contributed by atoms with Gasteiger partial charge >= 0.3 is 0 Å². The fourth-order valence-corrected chi connectivity index (χ4v) is 4.46. The molecular formula is C20H27N7O4S. The van der Waals surface area contributed by atoms with Crippen molar-refractivity contribution in [3.05, 3.63) is 16.8 Å². The Hall–Kier alpha value is -2.41. The van der Waals surface area contributed by atoms with Gasteiger partial charge in [-0.1, -0.05) is 11.3 Å². The summed E-state index contributed by atoms with van der Waals surface area (Å²) in [6.07, 6.45) is 2.28. The molecule has 2 saturated heterocycles. The molecule has 1 amide bonds. The van der Waals surface area contributed by atoms with Gasteiger partial charge in [0.05, 0.1) is 26.4 Å². The average Bonchev–Trinajstić information content (AvgIpc) is 3.59. The lowest BCUT2D eigenvalue weighted by Gasteiger charge is -2.27. The van der Waals surface area contributed by atoms with Crippen LogP contribution in [0, 0.1) is 0 Å². The number of nitrogens with zero attached hydrogens (tertiary/aromatic N) is 6. The number of anilines is 2. The monoisotopic (exact) mass is 461 g/mol. The summed E-state index contributed by atoms with van der Waals surface area (Å²) in [5, 5.41) is 12.6. The maximum Gasteiger partial charge on any atom is 0.276 e. The van der Waals surface area contributed by atoms with Crippen molar-refractivity contribution in [1.29, 1.82) is 0 Å². The summed E-state index contributed by atoms with van der Waals surface area (Å²) in [6.45, 7) is 7.05. The minimum atomic E-state index is -0.349. The van der Waals surface area contributed by atoms with Gasteiger partial charge in [0.2, 0.25) is 17.0 Å². The van der Waals surface area contributed by atoms with Crippen molar-refractivity contribution in [2.45, 2.75) is 18.8 Å². The molecule has 32 heavy (non-hydrogen) atoms. The van der Waals surface area contributed by atoms with Crippen LogP contribution in [0.5, 0.6) is 5.88 Å². The molecule has 0 spiro atoms. The van der Waals surface area contributed by atoms with E-state index in [0.717, 1.165) is 50.7 Å². The third-order valence-electron chi connectivity index (χ3n) is 5.57. The Labute approximate surface area is 190 Å². The van der Waals surface area contributed by atoms with Gasteiger partial charge in [-0.3, -0.25) is 15.0 Å². The van der Waals surface area contributed by atoms with Gasteiger partial charge in [0, 0.05) is 44.7 Å². The molecule has 2 aromatic rings. The normalized spacial score (nSPS) is 19.7. The zero-order chi connectivity index (χ0) is 21.8. The van der Waals surface area contributed by atoms with E-state index in [2.05, 4.69) is 30.4 Å². The molecule has 0 aromatic carbocycles. The van der Waals surface area contributed by atoms with Gasteiger partial charge in [0.15, 0.2) is 0 Å². The predicted octanol–water partition coefficient (Wildman–Crippen LogP) is 1.01. The van der Waals surface area contributed by atoms with Gasteiger partial charge in [-0.25, -0.2) is 4.98 Å². The van der Waals surface area contributed by atoms with Crippen molar-refractivity contribution in [2.24, 2.45) is 0 Å². The number of hydrogen-bond donors (Lipinski definition) is 1. The third kappa shape index (κ3) is 5.49. The number of ether oxygens (including phenoxy) is 3. The minimum Gasteiger partial charge on any atom is -0.476 e. The first-order valence-electron chi connectivity index (χ1n) is 11.0. The predicted molar refractivity (Wildman–Crippen MR) is 118 cm³/mol. The summed E-state index contributed by atoms with van der Waals surface area (Å²) in [5.41, 5.74) is 0.242. The highest BCUT2D eigenvalue weighted by Gasteiger charge is 2.28. The highest BCUT2D eigenvalue weighted by molar-refractivity contribution is 7.15. The molecule has 0 unspecified atom stereocenters. The Bertz CT molecular complexity index is 926. The molecular weight excluding hydrogens is 434 g/mol. The van der Waals surface area contributed by atoms with Crippen LogP contribution in [0.25, 0.3) is 0 Å². The molecule has 1 aliphatic carbocycles. The minimum absolute atomic E-state index is 0.242. The molecule has 5 rings (SSSR count). The number of amides is 1. The Balaban J connectivity index is 1.28. The molecule has 12 heteroatoms. The van der Waals surface area contributed by atoms with E-state index in [-0.39, 0.29) is 11.6 Å². The summed E-state index contributed by atoms with van der Waals surface area (Å²) < 4.78 is 16.7. The van der Waals surface area contributed by atoms with Crippen LogP contribution in [0.1, 0.15) is 34.3 Å². The largest absolute Gasteiger partial charge is 0.476 e. The first kappa shape index (κ1) is 21.4. The third-order valence-corrected chi connectivity index (χ3v) is 6.57. The molecule has 2 aromatic heterocycles. The standard InChI is InChI=1S/C20H27N7O4S/c28-17(23-20-25-24-18(32-20)14-1-2-14)15-13-16(31-12-5-26-3-8-29-9-4-26)22-19(21-15)27-6-10-30-11-7-27/h13-14H,1-12H2,(H,23,25,28). The maximum absolute atomic E-state index is 12.9. The molecule has 4 heterocycles. The quantitative estimate of drug-likeness (QED) is 0.611.